The van der Waals surface area contributed by atoms with E-state index >= 15 is 0 Å². The number of esters is 1. The molecule has 1 rings (SSSR count). The quantitative estimate of drug-likeness (QED) is 0.654. The molecule has 0 aliphatic carbocycles. The molecule has 0 saturated carbocycles. The third kappa shape index (κ3) is 9.80. The molecule has 1 aliphatic rings. The second-order valence-corrected chi connectivity index (χ2v) is 7.42. The molecular formula is C19H38N2O4. The summed E-state index contributed by atoms with van der Waals surface area (Å²) in [4.78, 5) is 26.9. The van der Waals surface area contributed by atoms with Crippen LogP contribution in [0.1, 0.15) is 47.5 Å². The van der Waals surface area contributed by atoms with Gasteiger partial charge in [-0.1, -0.05) is 20.8 Å². The van der Waals surface area contributed by atoms with Gasteiger partial charge < -0.3 is 19.3 Å². The first-order valence-corrected chi connectivity index (χ1v) is 9.34. The Morgan fingerprint density at radius 3 is 2.20 bits per heavy atom. The Bertz CT molecular complexity index is 391. The van der Waals surface area contributed by atoms with E-state index in [1.807, 2.05) is 58.5 Å². The number of rotatable bonds is 7. The maximum absolute atomic E-state index is 11.6. The summed E-state index contributed by atoms with van der Waals surface area (Å²) in [7, 11) is 3.91. The zero-order valence-electron chi connectivity index (χ0n) is 17.3. The van der Waals surface area contributed by atoms with Crippen LogP contribution in [0.5, 0.6) is 0 Å². The SMILES string of the molecule is CCC(C)(C)C(=O)OCCN(C)C.CCC(C)C(=O)N1CCOCC1. The number of hydrogen-bond donors (Lipinski definition) is 0. The van der Waals surface area contributed by atoms with Gasteiger partial charge in [-0.2, -0.15) is 0 Å². The van der Waals surface area contributed by atoms with Crippen molar-refractivity contribution < 1.29 is 19.1 Å². The van der Waals surface area contributed by atoms with E-state index in [9.17, 15) is 9.59 Å². The summed E-state index contributed by atoms with van der Waals surface area (Å²) in [6.07, 6.45) is 1.74. The lowest BCUT2D eigenvalue weighted by Crippen LogP contribution is -2.43. The summed E-state index contributed by atoms with van der Waals surface area (Å²) in [5, 5.41) is 0. The van der Waals surface area contributed by atoms with Crippen molar-refractivity contribution in [2.45, 2.75) is 47.5 Å². The highest BCUT2D eigenvalue weighted by Crippen LogP contribution is 2.21. The van der Waals surface area contributed by atoms with Crippen molar-refractivity contribution in [3.8, 4) is 0 Å². The number of carbonyl (C=O) groups is 2. The van der Waals surface area contributed by atoms with Gasteiger partial charge in [0.2, 0.25) is 5.91 Å². The van der Waals surface area contributed by atoms with E-state index in [-0.39, 0.29) is 23.2 Å². The predicted molar refractivity (Wildman–Crippen MR) is 100 cm³/mol. The Labute approximate surface area is 153 Å². The average Bonchev–Trinajstić information content (AvgIpc) is 2.61. The molecule has 0 aromatic rings. The summed E-state index contributed by atoms with van der Waals surface area (Å²) < 4.78 is 10.3. The molecule has 1 atom stereocenters. The van der Waals surface area contributed by atoms with Crippen LogP contribution in [-0.4, -0.2) is 75.2 Å². The zero-order chi connectivity index (χ0) is 19.5. The van der Waals surface area contributed by atoms with Gasteiger partial charge in [-0.25, -0.2) is 0 Å². The van der Waals surface area contributed by atoms with Crippen molar-refractivity contribution in [3.05, 3.63) is 0 Å². The van der Waals surface area contributed by atoms with Crippen LogP contribution in [-0.2, 0) is 19.1 Å². The molecule has 0 radical (unpaired) electrons. The second-order valence-electron chi connectivity index (χ2n) is 7.42. The Morgan fingerprint density at radius 1 is 1.20 bits per heavy atom. The number of ether oxygens (including phenoxy) is 2. The number of morpholine rings is 1. The standard InChI is InChI=1S/C10H21NO2.C9H17NO2/c1-6-10(2,3)9(12)13-8-7-11(4)5;1-3-8(2)9(11)10-4-6-12-7-5-10/h6-8H2,1-5H3;8H,3-7H2,1-2H3. The van der Waals surface area contributed by atoms with Crippen LogP contribution in [0.2, 0.25) is 0 Å². The summed E-state index contributed by atoms with van der Waals surface area (Å²) in [6, 6.07) is 0. The fraction of sp³-hybridized carbons (Fsp3) is 0.895. The first kappa shape index (κ1) is 23.9. The van der Waals surface area contributed by atoms with Gasteiger partial charge in [0.25, 0.3) is 0 Å². The van der Waals surface area contributed by atoms with Crippen molar-refractivity contribution >= 4 is 11.9 Å². The largest absolute Gasteiger partial charge is 0.464 e. The molecule has 1 heterocycles. The van der Waals surface area contributed by atoms with Gasteiger partial charge in [0.05, 0.1) is 18.6 Å². The van der Waals surface area contributed by atoms with Crippen LogP contribution in [0.4, 0.5) is 0 Å². The molecule has 148 valence electrons. The minimum absolute atomic E-state index is 0.100. The van der Waals surface area contributed by atoms with E-state index in [1.165, 1.54) is 0 Å². The van der Waals surface area contributed by atoms with Gasteiger partial charge in [-0.15, -0.1) is 0 Å². The molecule has 0 aromatic carbocycles. The fourth-order valence-corrected chi connectivity index (χ4v) is 1.93. The molecule has 1 saturated heterocycles. The van der Waals surface area contributed by atoms with E-state index in [0.29, 0.717) is 19.8 Å². The predicted octanol–water partition coefficient (Wildman–Crippen LogP) is 2.42. The summed E-state index contributed by atoms with van der Waals surface area (Å²) in [5.41, 5.74) is -0.341. The van der Waals surface area contributed by atoms with Crippen LogP contribution >= 0.6 is 0 Å². The molecule has 1 aliphatic heterocycles. The molecule has 6 nitrogen and oxygen atoms in total. The summed E-state index contributed by atoms with van der Waals surface area (Å²) in [5.74, 6) is 0.348. The minimum atomic E-state index is -0.341. The van der Waals surface area contributed by atoms with Crippen LogP contribution in [0.15, 0.2) is 0 Å². The number of carbonyl (C=O) groups excluding carboxylic acids is 2. The highest BCUT2D eigenvalue weighted by molar-refractivity contribution is 5.78. The molecule has 1 amide bonds. The average molecular weight is 359 g/mol. The fourth-order valence-electron chi connectivity index (χ4n) is 1.93. The Balaban J connectivity index is 0.000000462. The second kappa shape index (κ2) is 12.3. The van der Waals surface area contributed by atoms with E-state index in [2.05, 4.69) is 0 Å². The molecule has 0 bridgehead atoms. The van der Waals surface area contributed by atoms with Gasteiger partial charge in [0, 0.05) is 25.6 Å². The molecule has 25 heavy (non-hydrogen) atoms. The van der Waals surface area contributed by atoms with Crippen LogP contribution in [0.25, 0.3) is 0 Å². The number of nitrogens with zero attached hydrogens (tertiary/aromatic N) is 2. The lowest BCUT2D eigenvalue weighted by molar-refractivity contribution is -0.154. The monoisotopic (exact) mass is 358 g/mol. The van der Waals surface area contributed by atoms with E-state index in [4.69, 9.17) is 9.47 Å². The summed E-state index contributed by atoms with van der Waals surface area (Å²) in [6.45, 7) is 14.0. The molecule has 0 N–H and O–H groups in total. The van der Waals surface area contributed by atoms with E-state index in [0.717, 1.165) is 32.5 Å². The van der Waals surface area contributed by atoms with Gasteiger partial charge in [-0.05, 0) is 40.8 Å². The van der Waals surface area contributed by atoms with Crippen molar-refractivity contribution in [2.75, 3.05) is 53.6 Å². The van der Waals surface area contributed by atoms with E-state index in [1.54, 1.807) is 0 Å². The number of likely N-dealkylation sites (N-methyl/N-ethyl adjacent to an activating group) is 1. The lowest BCUT2D eigenvalue weighted by atomic mass is 9.91. The Morgan fingerprint density at radius 2 is 1.76 bits per heavy atom. The first-order valence-electron chi connectivity index (χ1n) is 9.34. The lowest BCUT2D eigenvalue weighted by Gasteiger charge is -2.28. The van der Waals surface area contributed by atoms with Crippen molar-refractivity contribution in [1.82, 2.24) is 9.80 Å². The third-order valence-corrected chi connectivity index (χ3v) is 4.56. The molecule has 6 heteroatoms. The topological polar surface area (TPSA) is 59.1 Å². The van der Waals surface area contributed by atoms with Gasteiger partial charge >= 0.3 is 5.97 Å². The number of hydrogen-bond acceptors (Lipinski definition) is 5. The zero-order valence-corrected chi connectivity index (χ0v) is 17.3. The van der Waals surface area contributed by atoms with Gasteiger partial charge in [0.1, 0.15) is 6.61 Å². The van der Waals surface area contributed by atoms with Crippen LogP contribution in [0.3, 0.4) is 0 Å². The Kier molecular flexibility index (Phi) is 11.7. The van der Waals surface area contributed by atoms with Crippen molar-refractivity contribution in [1.29, 1.82) is 0 Å². The van der Waals surface area contributed by atoms with Gasteiger partial charge in [0.15, 0.2) is 0 Å². The normalized spacial score (nSPS) is 16.1. The maximum atomic E-state index is 11.6. The summed E-state index contributed by atoms with van der Waals surface area (Å²) >= 11 is 0. The van der Waals surface area contributed by atoms with E-state index < -0.39 is 0 Å². The third-order valence-electron chi connectivity index (χ3n) is 4.56. The van der Waals surface area contributed by atoms with Crippen molar-refractivity contribution in [2.24, 2.45) is 11.3 Å². The van der Waals surface area contributed by atoms with Gasteiger partial charge in [-0.3, -0.25) is 9.59 Å². The highest BCUT2D eigenvalue weighted by Gasteiger charge is 2.26. The highest BCUT2D eigenvalue weighted by atomic mass is 16.5. The molecule has 0 spiro atoms. The molecule has 1 fully saturated rings. The first-order chi connectivity index (χ1) is 11.7. The molecule has 1 unspecified atom stereocenters. The molecular weight excluding hydrogens is 320 g/mol. The smallest absolute Gasteiger partial charge is 0.311 e. The minimum Gasteiger partial charge on any atom is -0.464 e. The maximum Gasteiger partial charge on any atom is 0.311 e. The molecule has 0 aromatic heterocycles. The van der Waals surface area contributed by atoms with Crippen LogP contribution in [0, 0.1) is 11.3 Å². The van der Waals surface area contributed by atoms with Crippen molar-refractivity contribution in [3.63, 3.8) is 0 Å². The Hall–Kier alpha value is -1.14. The van der Waals surface area contributed by atoms with Crippen LogP contribution < -0.4 is 0 Å². The number of amides is 1.